The molecule has 0 aromatic rings. The topological polar surface area (TPSA) is 17.1 Å². The Balaban J connectivity index is 3.35. The van der Waals surface area contributed by atoms with E-state index in [1.54, 1.807) is 0 Å². The molecule has 1 atom stereocenters. The second kappa shape index (κ2) is 11.2. The summed E-state index contributed by atoms with van der Waals surface area (Å²) in [6, 6.07) is 0. The van der Waals surface area contributed by atoms with Crippen molar-refractivity contribution in [2.24, 2.45) is 5.92 Å². The molecule has 0 radical (unpaired) electrons. The highest BCUT2D eigenvalue weighted by molar-refractivity contribution is 5.78. The molecule has 0 aromatic carbocycles. The SMILES string of the molecule is CCCCCCCC(C)CC(=O)CCCC. The van der Waals surface area contributed by atoms with E-state index in [4.69, 9.17) is 0 Å². The van der Waals surface area contributed by atoms with Crippen molar-refractivity contribution in [2.45, 2.75) is 85.0 Å². The number of carbonyl (C=O) groups is 1. The molecule has 1 heteroatoms. The summed E-state index contributed by atoms with van der Waals surface area (Å²) in [5.41, 5.74) is 0. The zero-order valence-corrected chi connectivity index (χ0v) is 11.6. The van der Waals surface area contributed by atoms with Gasteiger partial charge in [-0.3, -0.25) is 4.79 Å². The number of Topliss-reactive ketones (excluding diaryl/α,β-unsaturated/α-hetero) is 1. The number of unbranched alkanes of at least 4 members (excludes halogenated alkanes) is 5. The van der Waals surface area contributed by atoms with E-state index in [-0.39, 0.29) is 0 Å². The number of carbonyl (C=O) groups excluding carboxylic acids is 1. The molecular weight excluding hydrogens is 196 g/mol. The molecule has 0 amide bonds. The Morgan fingerprint density at radius 2 is 1.56 bits per heavy atom. The zero-order valence-electron chi connectivity index (χ0n) is 11.6. The summed E-state index contributed by atoms with van der Waals surface area (Å²) in [6.07, 6.45) is 11.8. The first kappa shape index (κ1) is 15.7. The van der Waals surface area contributed by atoms with Crippen LogP contribution in [0.2, 0.25) is 0 Å². The molecule has 0 saturated heterocycles. The largest absolute Gasteiger partial charge is 0.300 e. The van der Waals surface area contributed by atoms with E-state index in [1.165, 1.54) is 38.5 Å². The van der Waals surface area contributed by atoms with E-state index in [1.807, 2.05) is 0 Å². The maximum atomic E-state index is 11.5. The molecule has 0 saturated carbocycles. The molecule has 0 bridgehead atoms. The van der Waals surface area contributed by atoms with Gasteiger partial charge in [-0.15, -0.1) is 0 Å². The summed E-state index contributed by atoms with van der Waals surface area (Å²) in [6.45, 7) is 6.61. The summed E-state index contributed by atoms with van der Waals surface area (Å²) >= 11 is 0. The van der Waals surface area contributed by atoms with Crippen LogP contribution in [0, 0.1) is 5.92 Å². The number of rotatable bonds is 11. The van der Waals surface area contributed by atoms with Crippen LogP contribution in [0.1, 0.15) is 85.0 Å². The minimum Gasteiger partial charge on any atom is -0.300 e. The van der Waals surface area contributed by atoms with Crippen LogP contribution in [0.25, 0.3) is 0 Å². The molecule has 0 spiro atoms. The molecule has 0 aromatic heterocycles. The highest BCUT2D eigenvalue weighted by atomic mass is 16.1. The average molecular weight is 226 g/mol. The van der Waals surface area contributed by atoms with Gasteiger partial charge in [0.2, 0.25) is 0 Å². The van der Waals surface area contributed by atoms with Crippen LogP contribution in [-0.4, -0.2) is 5.78 Å². The monoisotopic (exact) mass is 226 g/mol. The fraction of sp³-hybridized carbons (Fsp3) is 0.933. The molecule has 0 aliphatic rings. The highest BCUT2D eigenvalue weighted by Gasteiger charge is 2.08. The summed E-state index contributed by atoms with van der Waals surface area (Å²) in [7, 11) is 0. The van der Waals surface area contributed by atoms with E-state index in [0.717, 1.165) is 25.7 Å². The van der Waals surface area contributed by atoms with E-state index < -0.39 is 0 Å². The fourth-order valence-electron chi connectivity index (χ4n) is 2.06. The first-order valence-electron chi connectivity index (χ1n) is 7.22. The zero-order chi connectivity index (χ0) is 12.2. The number of hydrogen-bond donors (Lipinski definition) is 0. The Labute approximate surface area is 102 Å². The van der Waals surface area contributed by atoms with E-state index in [2.05, 4.69) is 20.8 Å². The van der Waals surface area contributed by atoms with Gasteiger partial charge in [-0.25, -0.2) is 0 Å². The van der Waals surface area contributed by atoms with Crippen molar-refractivity contribution in [2.75, 3.05) is 0 Å². The van der Waals surface area contributed by atoms with Crippen molar-refractivity contribution in [1.82, 2.24) is 0 Å². The molecule has 1 nitrogen and oxygen atoms in total. The van der Waals surface area contributed by atoms with Crippen molar-refractivity contribution >= 4 is 5.78 Å². The molecule has 0 heterocycles. The fourth-order valence-corrected chi connectivity index (χ4v) is 2.06. The van der Waals surface area contributed by atoms with Crippen LogP contribution in [0.5, 0.6) is 0 Å². The maximum Gasteiger partial charge on any atom is 0.133 e. The lowest BCUT2D eigenvalue weighted by atomic mass is 9.95. The second-order valence-electron chi connectivity index (χ2n) is 5.15. The molecule has 1 unspecified atom stereocenters. The third-order valence-electron chi connectivity index (χ3n) is 3.19. The Bertz CT molecular complexity index is 163. The lowest BCUT2D eigenvalue weighted by molar-refractivity contribution is -0.120. The summed E-state index contributed by atoms with van der Waals surface area (Å²) in [4.78, 5) is 11.5. The van der Waals surface area contributed by atoms with Gasteiger partial charge in [-0.05, 0) is 12.3 Å². The van der Waals surface area contributed by atoms with E-state index in [9.17, 15) is 4.79 Å². The molecule has 0 aliphatic heterocycles. The smallest absolute Gasteiger partial charge is 0.133 e. The van der Waals surface area contributed by atoms with Crippen LogP contribution in [0.3, 0.4) is 0 Å². The van der Waals surface area contributed by atoms with Crippen LogP contribution in [0.4, 0.5) is 0 Å². The Hall–Kier alpha value is -0.330. The Kier molecular flexibility index (Phi) is 10.9. The van der Waals surface area contributed by atoms with Crippen molar-refractivity contribution in [3.63, 3.8) is 0 Å². The molecule has 0 aliphatic carbocycles. The van der Waals surface area contributed by atoms with Gasteiger partial charge in [-0.2, -0.15) is 0 Å². The van der Waals surface area contributed by atoms with Crippen LogP contribution < -0.4 is 0 Å². The van der Waals surface area contributed by atoms with Crippen LogP contribution in [-0.2, 0) is 4.79 Å². The Morgan fingerprint density at radius 1 is 0.938 bits per heavy atom. The molecule has 0 N–H and O–H groups in total. The predicted molar refractivity (Wildman–Crippen MR) is 71.7 cm³/mol. The summed E-state index contributed by atoms with van der Waals surface area (Å²) in [5, 5.41) is 0. The summed E-state index contributed by atoms with van der Waals surface area (Å²) < 4.78 is 0. The third-order valence-corrected chi connectivity index (χ3v) is 3.19. The number of hydrogen-bond acceptors (Lipinski definition) is 1. The quantitative estimate of drug-likeness (QED) is 0.446. The van der Waals surface area contributed by atoms with E-state index in [0.29, 0.717) is 11.7 Å². The molecular formula is C15H30O. The first-order chi connectivity index (χ1) is 7.70. The van der Waals surface area contributed by atoms with Crippen LogP contribution >= 0.6 is 0 Å². The van der Waals surface area contributed by atoms with Crippen molar-refractivity contribution in [3.8, 4) is 0 Å². The molecule has 16 heavy (non-hydrogen) atoms. The minimum absolute atomic E-state index is 0.475. The van der Waals surface area contributed by atoms with Crippen molar-refractivity contribution in [3.05, 3.63) is 0 Å². The maximum absolute atomic E-state index is 11.5. The second-order valence-corrected chi connectivity index (χ2v) is 5.15. The predicted octanol–water partition coefficient (Wildman–Crippen LogP) is 5.13. The van der Waals surface area contributed by atoms with Crippen molar-refractivity contribution in [1.29, 1.82) is 0 Å². The van der Waals surface area contributed by atoms with Gasteiger partial charge in [0.15, 0.2) is 0 Å². The minimum atomic E-state index is 0.475. The van der Waals surface area contributed by atoms with Gasteiger partial charge in [0, 0.05) is 12.8 Å². The lowest BCUT2D eigenvalue weighted by Crippen LogP contribution is -2.05. The molecule has 0 fully saturated rings. The molecule has 96 valence electrons. The lowest BCUT2D eigenvalue weighted by Gasteiger charge is -2.10. The van der Waals surface area contributed by atoms with Gasteiger partial charge >= 0.3 is 0 Å². The third kappa shape index (κ3) is 10.2. The standard InChI is InChI=1S/C15H30O/c1-4-6-8-9-10-11-14(3)13-15(16)12-7-5-2/h14H,4-13H2,1-3H3. The highest BCUT2D eigenvalue weighted by Crippen LogP contribution is 2.15. The number of ketones is 1. The van der Waals surface area contributed by atoms with Gasteiger partial charge < -0.3 is 0 Å². The molecule has 0 rings (SSSR count). The van der Waals surface area contributed by atoms with Crippen LogP contribution in [0.15, 0.2) is 0 Å². The van der Waals surface area contributed by atoms with Gasteiger partial charge in [-0.1, -0.05) is 65.7 Å². The average Bonchev–Trinajstić information content (AvgIpc) is 2.26. The van der Waals surface area contributed by atoms with Gasteiger partial charge in [0.25, 0.3) is 0 Å². The van der Waals surface area contributed by atoms with Crippen molar-refractivity contribution < 1.29 is 4.79 Å². The first-order valence-corrected chi connectivity index (χ1v) is 7.22. The Morgan fingerprint density at radius 3 is 2.19 bits per heavy atom. The summed E-state index contributed by atoms with van der Waals surface area (Å²) in [5.74, 6) is 1.08. The normalized spacial score (nSPS) is 12.7. The van der Waals surface area contributed by atoms with Gasteiger partial charge in [0.1, 0.15) is 5.78 Å². The van der Waals surface area contributed by atoms with E-state index >= 15 is 0 Å². The van der Waals surface area contributed by atoms with Gasteiger partial charge in [0.05, 0.1) is 0 Å².